The molecule has 16 nitrogen and oxygen atoms in total. The standard InChI is InChI=1S/C12H20N5O3P.C11H18N5O3P/c1-16(2)11-10-12(14-5-13-11)17(6-15-10)9-3-7(20-21)8(4-18)19-9;1-12-10-9-11(14-4-13-10)16(5-15-9)8-2-6(19-20)7(3-17)18-8/h5-9,11,18H,3-4,21H2,1-2H3,(H,13,14);4-8,10,12,17H,2-3,20H2,1H3,(H,13,14)/t7-,8-,9-,11?;6-,7-,8-,10?/m11/s1. The van der Waals surface area contributed by atoms with Crippen LogP contribution in [0.5, 0.6) is 0 Å². The van der Waals surface area contributed by atoms with Crippen LogP contribution in [0.2, 0.25) is 0 Å². The zero-order valence-corrected chi connectivity index (χ0v) is 25.4. The summed E-state index contributed by atoms with van der Waals surface area (Å²) in [5, 5.41) is 28.0. The summed E-state index contributed by atoms with van der Waals surface area (Å²) in [5.41, 5.74) is 1.69. The van der Waals surface area contributed by atoms with Gasteiger partial charge in [-0.15, -0.1) is 0 Å². The molecular formula is C23H38N10O6P2. The van der Waals surface area contributed by atoms with Crippen LogP contribution in [-0.2, 0) is 18.5 Å². The number of aliphatic imine (C=N–C) groups is 2. The highest BCUT2D eigenvalue weighted by Crippen LogP contribution is 2.38. The second-order valence-corrected chi connectivity index (χ2v) is 10.6. The average Bonchev–Trinajstić information content (AvgIpc) is 3.79. The smallest absolute Gasteiger partial charge is 0.150 e. The Morgan fingerprint density at radius 1 is 0.927 bits per heavy atom. The summed E-state index contributed by atoms with van der Waals surface area (Å²) in [4.78, 5) is 19.5. The molecule has 0 spiro atoms. The largest absolute Gasteiger partial charge is 0.394 e. The monoisotopic (exact) mass is 612 g/mol. The molecule has 226 valence electrons. The van der Waals surface area contributed by atoms with Gasteiger partial charge in [0.05, 0.1) is 50.8 Å². The molecule has 0 aliphatic carbocycles. The third-order valence-corrected chi connectivity index (χ3v) is 8.14. The van der Waals surface area contributed by atoms with Crippen molar-refractivity contribution in [1.29, 1.82) is 0 Å². The Morgan fingerprint density at radius 2 is 1.44 bits per heavy atom. The number of hydrogen-bond acceptors (Lipinski definition) is 14. The number of ether oxygens (including phenoxy) is 2. The number of nitrogens with one attached hydrogen (secondary N) is 3. The van der Waals surface area contributed by atoms with E-state index in [4.69, 9.17) is 18.5 Å². The predicted octanol–water partition coefficient (Wildman–Crippen LogP) is 0.362. The van der Waals surface area contributed by atoms with Crippen molar-refractivity contribution in [3.8, 4) is 0 Å². The van der Waals surface area contributed by atoms with E-state index < -0.39 is 0 Å². The third-order valence-electron chi connectivity index (χ3n) is 7.44. The average molecular weight is 613 g/mol. The van der Waals surface area contributed by atoms with Crippen LogP contribution in [0.1, 0.15) is 49.0 Å². The zero-order valence-electron chi connectivity index (χ0n) is 23.1. The van der Waals surface area contributed by atoms with Gasteiger partial charge in [-0.3, -0.25) is 19.4 Å². The zero-order chi connectivity index (χ0) is 29.1. The van der Waals surface area contributed by atoms with Gasteiger partial charge in [-0.1, -0.05) is 0 Å². The summed E-state index contributed by atoms with van der Waals surface area (Å²) in [7, 11) is 10.2. The quantitative estimate of drug-likeness (QED) is 0.259. The highest BCUT2D eigenvalue weighted by Gasteiger charge is 2.39. The molecule has 0 aromatic carbocycles. The Bertz CT molecular complexity index is 1200. The van der Waals surface area contributed by atoms with Crippen molar-refractivity contribution in [2.45, 2.75) is 62.0 Å². The Labute approximate surface area is 242 Å². The summed E-state index contributed by atoms with van der Waals surface area (Å²) in [6.45, 7) is -0.137. The van der Waals surface area contributed by atoms with Crippen molar-refractivity contribution < 1.29 is 28.7 Å². The van der Waals surface area contributed by atoms with Crippen LogP contribution in [0.3, 0.4) is 0 Å². The van der Waals surface area contributed by atoms with Crippen LogP contribution in [0.15, 0.2) is 22.6 Å². The van der Waals surface area contributed by atoms with E-state index in [9.17, 15) is 10.2 Å². The number of anilines is 2. The van der Waals surface area contributed by atoms with Gasteiger partial charge >= 0.3 is 0 Å². The van der Waals surface area contributed by atoms with Gasteiger partial charge < -0.3 is 39.4 Å². The first-order chi connectivity index (χ1) is 19.9. The molecule has 0 amide bonds. The first-order valence-electron chi connectivity index (χ1n) is 13.2. The number of rotatable bonds is 8. The van der Waals surface area contributed by atoms with Crippen molar-refractivity contribution in [2.24, 2.45) is 9.98 Å². The van der Waals surface area contributed by atoms with Crippen LogP contribution >= 0.6 is 18.9 Å². The number of aliphatic hydroxyl groups excluding tert-OH is 2. The molecule has 2 fully saturated rings. The van der Waals surface area contributed by atoms with Crippen molar-refractivity contribution >= 4 is 43.2 Å². The normalized spacial score (nSPS) is 31.8. The molecule has 0 saturated carbocycles. The summed E-state index contributed by atoms with van der Waals surface area (Å²) in [5.74, 6) is 1.72. The molecule has 5 N–H and O–H groups in total. The van der Waals surface area contributed by atoms with E-state index in [-0.39, 0.29) is 62.4 Å². The number of nitrogens with zero attached hydrogens (tertiary/aromatic N) is 7. The van der Waals surface area contributed by atoms with Crippen LogP contribution in [-0.4, -0.2) is 106 Å². The van der Waals surface area contributed by atoms with Gasteiger partial charge in [-0.2, -0.15) is 0 Å². The van der Waals surface area contributed by atoms with Gasteiger partial charge in [0.2, 0.25) is 0 Å². The van der Waals surface area contributed by atoms with E-state index >= 15 is 0 Å². The third kappa shape index (κ3) is 6.04. The van der Waals surface area contributed by atoms with E-state index in [0.29, 0.717) is 12.8 Å². The molecule has 41 heavy (non-hydrogen) atoms. The number of hydrogen-bond donors (Lipinski definition) is 5. The molecule has 0 radical (unpaired) electrons. The van der Waals surface area contributed by atoms with Crippen LogP contribution in [0.4, 0.5) is 11.6 Å². The number of aliphatic hydroxyl groups is 2. The lowest BCUT2D eigenvalue weighted by molar-refractivity contribution is -0.0377. The fourth-order valence-corrected chi connectivity index (χ4v) is 5.88. The van der Waals surface area contributed by atoms with Crippen LogP contribution in [0, 0.1) is 0 Å². The fraction of sp³-hybridized carbons (Fsp3) is 0.652. The summed E-state index contributed by atoms with van der Waals surface area (Å²) in [6.07, 6.45) is 6.45. The van der Waals surface area contributed by atoms with E-state index in [1.165, 1.54) is 0 Å². The molecule has 2 aromatic rings. The predicted molar refractivity (Wildman–Crippen MR) is 157 cm³/mol. The SMILES string of the molecule is CN(C)C1N=CNc2c1ncn2[C@H]1C[C@@H](OP)[C@@H](CO)O1.CNC1N=CNc2c1ncn2[C@H]1C[C@@H](OP)[C@@H](CO)O1. The summed E-state index contributed by atoms with van der Waals surface area (Å²) in [6, 6.07) is 0. The van der Waals surface area contributed by atoms with Gasteiger partial charge in [-0.25, -0.2) is 20.0 Å². The molecule has 4 aliphatic heterocycles. The maximum atomic E-state index is 9.35. The molecule has 10 atom stereocenters. The Kier molecular flexibility index (Phi) is 9.97. The second kappa shape index (κ2) is 13.5. The van der Waals surface area contributed by atoms with Gasteiger partial charge in [0.1, 0.15) is 60.0 Å². The molecule has 6 heterocycles. The molecule has 0 bridgehead atoms. The van der Waals surface area contributed by atoms with Crippen LogP contribution < -0.4 is 16.0 Å². The molecule has 4 aliphatic rings. The molecule has 2 saturated heterocycles. The number of imidazole rings is 2. The van der Waals surface area contributed by atoms with Crippen molar-refractivity contribution in [1.82, 2.24) is 29.3 Å². The van der Waals surface area contributed by atoms with Crippen molar-refractivity contribution in [2.75, 3.05) is 45.0 Å². The topological polar surface area (TPSA) is 177 Å². The van der Waals surface area contributed by atoms with E-state index in [0.717, 1.165) is 23.0 Å². The minimum absolute atomic E-state index is 0.0678. The van der Waals surface area contributed by atoms with Crippen LogP contribution in [0.25, 0.3) is 0 Å². The van der Waals surface area contributed by atoms with Gasteiger partial charge in [0, 0.05) is 31.8 Å². The van der Waals surface area contributed by atoms with Gasteiger partial charge in [0.25, 0.3) is 0 Å². The van der Waals surface area contributed by atoms with Crippen molar-refractivity contribution in [3.05, 3.63) is 24.0 Å². The first kappa shape index (κ1) is 30.4. The lowest BCUT2D eigenvalue weighted by atomic mass is 10.2. The Hall–Kier alpha value is -2.10. The summed E-state index contributed by atoms with van der Waals surface area (Å²) >= 11 is 0. The second-order valence-electron chi connectivity index (χ2n) is 10.1. The van der Waals surface area contributed by atoms with Gasteiger partial charge in [-0.05, 0) is 21.1 Å². The number of aromatic nitrogens is 4. The van der Waals surface area contributed by atoms with E-state index in [2.05, 4.69) is 54.8 Å². The number of fused-ring (bicyclic) bond motifs is 2. The Balaban J connectivity index is 0.000000165. The highest BCUT2D eigenvalue weighted by molar-refractivity contribution is 7.10. The fourth-order valence-electron chi connectivity index (χ4n) is 5.30. The maximum absolute atomic E-state index is 9.35. The minimum Gasteiger partial charge on any atom is -0.394 e. The Morgan fingerprint density at radius 3 is 1.90 bits per heavy atom. The lowest BCUT2D eigenvalue weighted by Gasteiger charge is -2.24. The molecule has 2 aromatic heterocycles. The molecule has 4 unspecified atom stereocenters. The maximum Gasteiger partial charge on any atom is 0.150 e. The van der Waals surface area contributed by atoms with Crippen molar-refractivity contribution in [3.63, 3.8) is 0 Å². The van der Waals surface area contributed by atoms with E-state index in [1.807, 2.05) is 35.2 Å². The highest BCUT2D eigenvalue weighted by atomic mass is 31.0. The molecule has 6 rings (SSSR count). The molecule has 18 heteroatoms. The van der Waals surface area contributed by atoms with Gasteiger partial charge in [0.15, 0.2) is 0 Å². The van der Waals surface area contributed by atoms with E-state index in [1.54, 1.807) is 25.3 Å². The summed E-state index contributed by atoms with van der Waals surface area (Å²) < 4.78 is 26.1. The first-order valence-corrected chi connectivity index (χ1v) is 14.1. The minimum atomic E-state index is -0.326. The molecular weight excluding hydrogens is 574 g/mol. The lowest BCUT2D eigenvalue weighted by Crippen LogP contribution is -2.25.